The van der Waals surface area contributed by atoms with Crippen LogP contribution in [-0.4, -0.2) is 60.4 Å². The minimum Gasteiger partial charge on any atom is -0.334 e. The van der Waals surface area contributed by atoms with Gasteiger partial charge >= 0.3 is 0 Å². The van der Waals surface area contributed by atoms with E-state index in [1.54, 1.807) is 19.2 Å². The van der Waals surface area contributed by atoms with Gasteiger partial charge in [-0.3, -0.25) is 9.59 Å². The second-order valence-corrected chi connectivity index (χ2v) is 9.21. The molecule has 0 aromatic heterocycles. The highest BCUT2D eigenvalue weighted by molar-refractivity contribution is 7.91. The molecule has 1 fully saturated rings. The maximum Gasteiger partial charge on any atom is 0.270 e. The molecule has 2 aliphatic heterocycles. The van der Waals surface area contributed by atoms with Crippen molar-refractivity contribution in [1.82, 2.24) is 9.91 Å². The molecule has 2 aliphatic rings. The molecule has 0 spiro atoms. The van der Waals surface area contributed by atoms with Crippen LogP contribution in [0.4, 0.5) is 4.39 Å². The highest BCUT2D eigenvalue weighted by atomic mass is 32.2. The number of hydrazone groups is 1. The molecule has 146 valence electrons. The van der Waals surface area contributed by atoms with Crippen molar-refractivity contribution in [3.8, 4) is 0 Å². The summed E-state index contributed by atoms with van der Waals surface area (Å²) in [6, 6.07) is 5.09. The maximum atomic E-state index is 13.1. The van der Waals surface area contributed by atoms with E-state index in [1.807, 2.05) is 6.92 Å². The highest BCUT2D eigenvalue weighted by Gasteiger charge is 2.38. The number of halogens is 1. The monoisotopic (exact) mass is 395 g/mol. The lowest BCUT2D eigenvalue weighted by Crippen LogP contribution is -2.44. The zero-order valence-corrected chi connectivity index (χ0v) is 16.1. The normalized spacial score (nSPS) is 23.1. The Balaban J connectivity index is 1.77. The van der Waals surface area contributed by atoms with Crippen LogP contribution in [0.3, 0.4) is 0 Å². The van der Waals surface area contributed by atoms with E-state index < -0.39 is 15.9 Å². The van der Waals surface area contributed by atoms with Crippen LogP contribution < -0.4 is 0 Å². The Hall–Kier alpha value is -2.29. The van der Waals surface area contributed by atoms with Crippen LogP contribution in [0, 0.1) is 5.82 Å². The Bertz CT molecular complexity index is 882. The molecule has 0 radical (unpaired) electrons. The number of hydrogen-bond acceptors (Lipinski definition) is 5. The molecule has 2 unspecified atom stereocenters. The average molecular weight is 395 g/mol. The third kappa shape index (κ3) is 4.18. The lowest BCUT2D eigenvalue weighted by Gasteiger charge is -2.30. The van der Waals surface area contributed by atoms with Gasteiger partial charge in [-0.15, -0.1) is 0 Å². The molecular weight excluding hydrogens is 373 g/mol. The second kappa shape index (κ2) is 7.38. The summed E-state index contributed by atoms with van der Waals surface area (Å²) in [6.07, 6.45) is 0.675. The van der Waals surface area contributed by atoms with Gasteiger partial charge in [0.25, 0.3) is 5.91 Å². The molecule has 3 rings (SSSR count). The summed E-state index contributed by atoms with van der Waals surface area (Å²) in [5, 5.41) is 5.38. The lowest BCUT2D eigenvalue weighted by molar-refractivity contribution is -0.134. The Labute approximate surface area is 157 Å². The smallest absolute Gasteiger partial charge is 0.270 e. The van der Waals surface area contributed by atoms with Crippen LogP contribution in [0.5, 0.6) is 0 Å². The highest BCUT2D eigenvalue weighted by Crippen LogP contribution is 2.24. The average Bonchev–Trinajstić information content (AvgIpc) is 3.00. The van der Waals surface area contributed by atoms with Gasteiger partial charge in [-0.1, -0.05) is 12.1 Å². The Morgan fingerprint density at radius 3 is 2.56 bits per heavy atom. The summed E-state index contributed by atoms with van der Waals surface area (Å²) in [6.45, 7) is 1.82. The number of benzene rings is 1. The predicted octanol–water partition coefficient (Wildman–Crippen LogP) is 1.51. The van der Waals surface area contributed by atoms with Gasteiger partial charge in [0.1, 0.15) is 11.5 Å². The predicted molar refractivity (Wildman–Crippen MR) is 98.2 cm³/mol. The molecule has 1 aromatic carbocycles. The van der Waals surface area contributed by atoms with Gasteiger partial charge in [-0.05, 0) is 31.0 Å². The van der Waals surface area contributed by atoms with Crippen molar-refractivity contribution in [1.29, 1.82) is 0 Å². The molecular formula is C18H22FN3O4S. The van der Waals surface area contributed by atoms with E-state index in [-0.39, 0.29) is 53.7 Å². The summed E-state index contributed by atoms with van der Waals surface area (Å²) in [5.74, 6) is -1.03. The molecule has 2 heterocycles. The fourth-order valence-corrected chi connectivity index (χ4v) is 5.02. The Morgan fingerprint density at radius 2 is 1.96 bits per heavy atom. The van der Waals surface area contributed by atoms with E-state index >= 15 is 0 Å². The molecule has 1 aromatic rings. The largest absolute Gasteiger partial charge is 0.334 e. The zero-order valence-electron chi connectivity index (χ0n) is 15.3. The Morgan fingerprint density at radius 1 is 1.30 bits per heavy atom. The number of nitrogens with zero attached hydrogens (tertiary/aromatic N) is 3. The minimum absolute atomic E-state index is 0.0295. The lowest BCUT2D eigenvalue weighted by atomic mass is 10.1. The third-order valence-electron chi connectivity index (χ3n) is 5.11. The van der Waals surface area contributed by atoms with E-state index in [0.717, 1.165) is 5.56 Å². The number of sulfone groups is 1. The number of amides is 2. The van der Waals surface area contributed by atoms with Crippen LogP contribution in [0.25, 0.3) is 0 Å². The van der Waals surface area contributed by atoms with Gasteiger partial charge in [-0.25, -0.2) is 17.8 Å². The van der Waals surface area contributed by atoms with Gasteiger partial charge in [0.15, 0.2) is 9.84 Å². The standard InChI is InChI=1S/C18H22FN3O4S/c1-12(13-3-5-14(19)6-4-13)21(2)18(24)16-7-8-17(23)22(20-16)15-9-10-27(25,26)11-15/h3-6,12,15H,7-11H2,1-2H3. The number of carbonyl (C=O) groups excluding carboxylic acids is 2. The first-order valence-corrected chi connectivity index (χ1v) is 10.6. The molecule has 1 saturated heterocycles. The molecule has 0 bridgehead atoms. The molecule has 0 saturated carbocycles. The molecule has 2 atom stereocenters. The van der Waals surface area contributed by atoms with Crippen LogP contribution in [0.2, 0.25) is 0 Å². The number of rotatable bonds is 4. The first-order chi connectivity index (χ1) is 12.7. The van der Waals surface area contributed by atoms with Crippen molar-refractivity contribution in [2.45, 2.75) is 38.3 Å². The fourth-order valence-electron chi connectivity index (χ4n) is 3.32. The molecule has 0 N–H and O–H groups in total. The van der Waals surface area contributed by atoms with Crippen LogP contribution in [0.1, 0.15) is 37.8 Å². The summed E-state index contributed by atoms with van der Waals surface area (Å²) in [4.78, 5) is 26.5. The quantitative estimate of drug-likeness (QED) is 0.773. The van der Waals surface area contributed by atoms with Crippen molar-refractivity contribution in [3.63, 3.8) is 0 Å². The minimum atomic E-state index is -3.16. The topological polar surface area (TPSA) is 87.1 Å². The van der Waals surface area contributed by atoms with Crippen LogP contribution >= 0.6 is 0 Å². The Kier molecular flexibility index (Phi) is 5.32. The van der Waals surface area contributed by atoms with Gasteiger partial charge in [0, 0.05) is 19.9 Å². The molecule has 27 heavy (non-hydrogen) atoms. The molecule has 9 heteroatoms. The summed E-state index contributed by atoms with van der Waals surface area (Å²) >= 11 is 0. The number of hydrogen-bond donors (Lipinski definition) is 0. The van der Waals surface area contributed by atoms with Crippen molar-refractivity contribution in [3.05, 3.63) is 35.6 Å². The van der Waals surface area contributed by atoms with Crippen molar-refractivity contribution in [2.75, 3.05) is 18.6 Å². The summed E-state index contributed by atoms with van der Waals surface area (Å²) < 4.78 is 36.5. The molecule has 7 nitrogen and oxygen atoms in total. The summed E-state index contributed by atoms with van der Waals surface area (Å²) in [7, 11) is -1.54. The van der Waals surface area contributed by atoms with E-state index in [0.29, 0.717) is 6.42 Å². The van der Waals surface area contributed by atoms with E-state index in [4.69, 9.17) is 0 Å². The first kappa shape index (κ1) is 19.5. The van der Waals surface area contributed by atoms with Crippen molar-refractivity contribution < 1.29 is 22.4 Å². The first-order valence-electron chi connectivity index (χ1n) is 8.80. The zero-order chi connectivity index (χ0) is 19.8. The van der Waals surface area contributed by atoms with Crippen LogP contribution in [0.15, 0.2) is 29.4 Å². The number of carbonyl (C=O) groups is 2. The van der Waals surface area contributed by atoms with Crippen molar-refractivity contribution in [2.24, 2.45) is 5.10 Å². The molecule has 0 aliphatic carbocycles. The van der Waals surface area contributed by atoms with Gasteiger partial charge in [0.2, 0.25) is 5.91 Å². The van der Waals surface area contributed by atoms with Crippen LogP contribution in [-0.2, 0) is 19.4 Å². The van der Waals surface area contributed by atoms with Gasteiger partial charge < -0.3 is 4.90 Å². The van der Waals surface area contributed by atoms with E-state index in [9.17, 15) is 22.4 Å². The second-order valence-electron chi connectivity index (χ2n) is 6.99. The van der Waals surface area contributed by atoms with E-state index in [1.165, 1.54) is 22.0 Å². The maximum absolute atomic E-state index is 13.1. The fraction of sp³-hybridized carbons (Fsp3) is 0.500. The molecule has 2 amide bonds. The van der Waals surface area contributed by atoms with E-state index in [2.05, 4.69) is 5.10 Å². The SMILES string of the molecule is CC(c1ccc(F)cc1)N(C)C(=O)C1=NN(C2CCS(=O)(=O)C2)C(=O)CC1. The third-order valence-corrected chi connectivity index (χ3v) is 6.86. The summed E-state index contributed by atoms with van der Waals surface area (Å²) in [5.41, 5.74) is 1.01. The van der Waals surface area contributed by atoms with Crippen molar-refractivity contribution >= 4 is 27.4 Å². The van der Waals surface area contributed by atoms with Gasteiger partial charge in [0.05, 0.1) is 23.6 Å². The van der Waals surface area contributed by atoms with Gasteiger partial charge in [-0.2, -0.15) is 5.10 Å².